The first kappa shape index (κ1) is 43.9. The Bertz CT molecular complexity index is 1770. The Morgan fingerprint density at radius 1 is 0.611 bits per heavy atom. The average Bonchev–Trinajstić information content (AvgIpc) is 3.09. The summed E-state index contributed by atoms with van der Waals surface area (Å²) in [6.07, 6.45) is -13.9. The van der Waals surface area contributed by atoms with Gasteiger partial charge < -0.3 is 23.7 Å². The Kier molecular flexibility index (Phi) is 13.1. The molecule has 0 fully saturated rings. The minimum atomic E-state index is -7.03. The summed E-state index contributed by atoms with van der Waals surface area (Å²) in [6.45, 7) is 8.05. The standard InChI is InChI=1S/C36H36F12O6/c1-7-23(19-53-27-15-12-21(18-29(27)52-9-3)31(4,5)20-11-14-26(50-6)28(17-20)51-8-2)54-30(49)33(39,40)36(47,48)32(37,38)25-16-22(34(41,42)43)10-13-24(25)35(44,45)46/h10-18,23H,7-9,19H2,1-6H3. The van der Waals surface area contributed by atoms with Crippen LogP contribution in [0, 0.1) is 0 Å². The van der Waals surface area contributed by atoms with Gasteiger partial charge in [0.1, 0.15) is 12.7 Å². The zero-order chi connectivity index (χ0) is 41.1. The van der Waals surface area contributed by atoms with Crippen molar-refractivity contribution in [3.63, 3.8) is 0 Å². The lowest BCUT2D eigenvalue weighted by molar-refractivity contribution is -0.312. The molecule has 1 atom stereocenters. The number of alkyl halides is 12. The number of benzene rings is 3. The molecule has 0 bridgehead atoms. The second kappa shape index (κ2) is 16.1. The van der Waals surface area contributed by atoms with Crippen molar-refractivity contribution in [2.45, 2.75) is 82.7 Å². The largest absolute Gasteiger partial charge is 0.493 e. The Hall–Kier alpha value is -4.51. The lowest BCUT2D eigenvalue weighted by Gasteiger charge is -2.33. The predicted molar refractivity (Wildman–Crippen MR) is 170 cm³/mol. The number of methoxy groups -OCH3 is 1. The van der Waals surface area contributed by atoms with Crippen LogP contribution in [0.2, 0.25) is 0 Å². The molecule has 0 aromatic heterocycles. The summed E-state index contributed by atoms with van der Waals surface area (Å²) in [5, 5.41) is 0. The summed E-state index contributed by atoms with van der Waals surface area (Å²) in [6, 6.07) is 7.98. The van der Waals surface area contributed by atoms with Gasteiger partial charge in [0.15, 0.2) is 23.0 Å². The van der Waals surface area contributed by atoms with Crippen LogP contribution in [0.3, 0.4) is 0 Å². The van der Waals surface area contributed by atoms with Gasteiger partial charge in [-0.2, -0.15) is 52.7 Å². The molecule has 0 aliphatic heterocycles. The van der Waals surface area contributed by atoms with Crippen LogP contribution in [0.5, 0.6) is 23.0 Å². The van der Waals surface area contributed by atoms with Crippen molar-refractivity contribution in [1.82, 2.24) is 0 Å². The summed E-state index contributed by atoms with van der Waals surface area (Å²) in [5.41, 5.74) is -7.38. The van der Waals surface area contributed by atoms with Gasteiger partial charge in [-0.25, -0.2) is 4.79 Å². The van der Waals surface area contributed by atoms with Crippen molar-refractivity contribution in [1.29, 1.82) is 0 Å². The van der Waals surface area contributed by atoms with E-state index in [2.05, 4.69) is 4.74 Å². The van der Waals surface area contributed by atoms with E-state index in [9.17, 15) is 48.7 Å². The Balaban J connectivity index is 1.88. The molecule has 0 amide bonds. The molecule has 18 heteroatoms. The molecule has 3 aromatic carbocycles. The maximum Gasteiger partial charge on any atom is 0.416 e. The molecule has 6 nitrogen and oxygen atoms in total. The van der Waals surface area contributed by atoms with E-state index in [1.165, 1.54) is 20.1 Å². The first-order valence-electron chi connectivity index (χ1n) is 16.2. The fourth-order valence-electron chi connectivity index (χ4n) is 5.15. The van der Waals surface area contributed by atoms with E-state index in [1.807, 2.05) is 19.9 Å². The Labute approximate surface area is 302 Å². The SMILES string of the molecule is CCOc1cc(C(C)(C)c2ccc(OCC(CC)OC(=O)C(F)(F)C(F)(F)C(F)(F)c3cc(C(F)(F)F)ccc3C(F)(F)F)c(OCC)c2)ccc1OC. The molecule has 0 heterocycles. The molecule has 0 aliphatic rings. The molecule has 0 N–H and O–H groups in total. The quantitative estimate of drug-likeness (QED) is 0.106. The zero-order valence-electron chi connectivity index (χ0n) is 29.6. The second-order valence-corrected chi connectivity index (χ2v) is 12.2. The molecule has 54 heavy (non-hydrogen) atoms. The number of ether oxygens (including phenoxy) is 5. The second-order valence-electron chi connectivity index (χ2n) is 12.2. The van der Waals surface area contributed by atoms with Crippen LogP contribution in [-0.4, -0.2) is 50.8 Å². The van der Waals surface area contributed by atoms with Crippen LogP contribution in [0.15, 0.2) is 54.6 Å². The number of hydrogen-bond acceptors (Lipinski definition) is 6. The number of rotatable bonds is 16. The summed E-state index contributed by atoms with van der Waals surface area (Å²) in [5.74, 6) is -22.5. The molecule has 3 rings (SSSR count). The van der Waals surface area contributed by atoms with Gasteiger partial charge in [0, 0.05) is 11.0 Å². The van der Waals surface area contributed by atoms with Crippen molar-refractivity contribution < 1.29 is 81.2 Å². The average molecular weight is 793 g/mol. The van der Waals surface area contributed by atoms with Crippen LogP contribution in [0.25, 0.3) is 0 Å². The van der Waals surface area contributed by atoms with Crippen molar-refractivity contribution in [2.24, 2.45) is 0 Å². The fraction of sp³-hybridized carbons (Fsp3) is 0.472. The molecule has 0 saturated heterocycles. The highest BCUT2D eigenvalue weighted by Crippen LogP contribution is 2.55. The molecule has 300 valence electrons. The van der Waals surface area contributed by atoms with Crippen LogP contribution < -0.4 is 18.9 Å². The van der Waals surface area contributed by atoms with Gasteiger partial charge in [-0.3, -0.25) is 0 Å². The molecular formula is C36H36F12O6. The smallest absolute Gasteiger partial charge is 0.416 e. The summed E-state index contributed by atoms with van der Waals surface area (Å²) < 4.78 is 196. The number of halogens is 12. The van der Waals surface area contributed by atoms with Crippen LogP contribution in [0.4, 0.5) is 52.7 Å². The van der Waals surface area contributed by atoms with Crippen LogP contribution in [0.1, 0.15) is 68.9 Å². The number of carbonyl (C=O) groups is 1. The van der Waals surface area contributed by atoms with Crippen molar-refractivity contribution in [3.05, 3.63) is 82.4 Å². The zero-order valence-corrected chi connectivity index (χ0v) is 29.6. The highest BCUT2D eigenvalue weighted by atomic mass is 19.4. The molecule has 0 spiro atoms. The predicted octanol–water partition coefficient (Wildman–Crippen LogP) is 10.6. The first-order valence-corrected chi connectivity index (χ1v) is 16.2. The molecule has 1 unspecified atom stereocenters. The lowest BCUT2D eigenvalue weighted by atomic mass is 9.78. The third kappa shape index (κ3) is 8.88. The number of hydrogen-bond donors (Lipinski definition) is 0. The van der Waals surface area contributed by atoms with E-state index in [0.29, 0.717) is 23.7 Å². The topological polar surface area (TPSA) is 63.2 Å². The minimum absolute atomic E-state index is 0.0384. The van der Waals surface area contributed by atoms with E-state index in [4.69, 9.17) is 18.9 Å². The van der Waals surface area contributed by atoms with Gasteiger partial charge in [-0.15, -0.1) is 0 Å². The van der Waals surface area contributed by atoms with Crippen molar-refractivity contribution >= 4 is 5.97 Å². The highest BCUT2D eigenvalue weighted by Gasteiger charge is 2.77. The van der Waals surface area contributed by atoms with Crippen LogP contribution >= 0.6 is 0 Å². The Morgan fingerprint density at radius 3 is 1.57 bits per heavy atom. The normalized spacial score (nSPS) is 13.7. The van der Waals surface area contributed by atoms with Gasteiger partial charge >= 0.3 is 36.1 Å². The van der Waals surface area contributed by atoms with Gasteiger partial charge in [0.05, 0.1) is 31.5 Å². The van der Waals surface area contributed by atoms with Crippen molar-refractivity contribution in [3.8, 4) is 23.0 Å². The minimum Gasteiger partial charge on any atom is -0.493 e. The third-order valence-electron chi connectivity index (χ3n) is 8.34. The van der Waals surface area contributed by atoms with Gasteiger partial charge in [0.2, 0.25) is 0 Å². The van der Waals surface area contributed by atoms with Crippen molar-refractivity contribution in [2.75, 3.05) is 26.9 Å². The monoisotopic (exact) mass is 792 g/mol. The third-order valence-corrected chi connectivity index (χ3v) is 8.34. The maximum absolute atomic E-state index is 15.0. The van der Waals surface area contributed by atoms with E-state index < -0.39 is 89.5 Å². The number of carbonyl (C=O) groups excluding carboxylic acids is 1. The van der Waals surface area contributed by atoms with Gasteiger partial charge in [-0.05, 0) is 73.9 Å². The van der Waals surface area contributed by atoms with Gasteiger partial charge in [-0.1, -0.05) is 32.9 Å². The lowest BCUT2D eigenvalue weighted by Crippen LogP contribution is -2.58. The fourth-order valence-corrected chi connectivity index (χ4v) is 5.15. The van der Waals surface area contributed by atoms with Gasteiger partial charge in [0.25, 0.3) is 0 Å². The molecule has 0 aliphatic carbocycles. The Morgan fingerprint density at radius 2 is 1.11 bits per heavy atom. The summed E-state index contributed by atoms with van der Waals surface area (Å²) >= 11 is 0. The molecule has 0 saturated carbocycles. The molecule has 3 aromatic rings. The number of esters is 1. The highest BCUT2D eigenvalue weighted by molar-refractivity contribution is 5.79. The summed E-state index contributed by atoms with van der Waals surface area (Å²) in [7, 11) is 1.49. The maximum atomic E-state index is 15.0. The van der Waals surface area contributed by atoms with E-state index in [-0.39, 0.29) is 24.2 Å². The van der Waals surface area contributed by atoms with Crippen LogP contribution in [-0.2, 0) is 33.2 Å². The molecule has 0 radical (unpaired) electrons. The summed E-state index contributed by atoms with van der Waals surface area (Å²) in [4.78, 5) is 12.4. The van der Waals surface area contributed by atoms with E-state index in [1.54, 1.807) is 38.1 Å². The first-order chi connectivity index (χ1) is 24.8. The van der Waals surface area contributed by atoms with E-state index >= 15 is 8.78 Å². The molecular weight excluding hydrogens is 756 g/mol. The van der Waals surface area contributed by atoms with E-state index in [0.717, 1.165) is 5.56 Å².